The lowest BCUT2D eigenvalue weighted by molar-refractivity contribution is -0.114. The van der Waals surface area contributed by atoms with Crippen LogP contribution in [0.3, 0.4) is 0 Å². The summed E-state index contributed by atoms with van der Waals surface area (Å²) in [5.74, 6) is -0.187. The van der Waals surface area contributed by atoms with Gasteiger partial charge in [-0.1, -0.05) is 24.3 Å². The average molecular weight is 333 g/mol. The van der Waals surface area contributed by atoms with Gasteiger partial charge in [-0.2, -0.15) is 4.31 Å². The van der Waals surface area contributed by atoms with Crippen molar-refractivity contribution in [1.29, 1.82) is 0 Å². The molecule has 0 radical (unpaired) electrons. The van der Waals surface area contributed by atoms with Crippen LogP contribution in [0.5, 0.6) is 0 Å². The average Bonchev–Trinajstić information content (AvgIpc) is 2.55. The van der Waals surface area contributed by atoms with E-state index in [0.717, 1.165) is 5.39 Å². The number of piperazine rings is 1. The molecule has 0 spiro atoms. The van der Waals surface area contributed by atoms with Gasteiger partial charge in [-0.05, 0) is 12.1 Å². The van der Waals surface area contributed by atoms with Gasteiger partial charge >= 0.3 is 0 Å². The maximum atomic E-state index is 12.9. The molecule has 2 aromatic carbocycles. The first kappa shape index (κ1) is 15.9. The first-order valence-electron chi connectivity index (χ1n) is 7.50. The van der Waals surface area contributed by atoms with Crippen LogP contribution >= 0.6 is 0 Å². The lowest BCUT2D eigenvalue weighted by Gasteiger charge is -2.27. The summed E-state index contributed by atoms with van der Waals surface area (Å²) >= 11 is 0. The fourth-order valence-corrected chi connectivity index (χ4v) is 4.46. The number of hydrogen-bond acceptors (Lipinski definition) is 4. The van der Waals surface area contributed by atoms with Crippen LogP contribution in [0.2, 0.25) is 0 Å². The summed E-state index contributed by atoms with van der Waals surface area (Å²) in [5, 5.41) is 7.24. The largest absolute Gasteiger partial charge is 0.326 e. The summed E-state index contributed by atoms with van der Waals surface area (Å²) in [6.07, 6.45) is 0. The number of benzene rings is 2. The number of nitrogens with one attached hydrogen (secondary N) is 2. The van der Waals surface area contributed by atoms with Crippen molar-refractivity contribution in [2.45, 2.75) is 11.8 Å². The first-order valence-corrected chi connectivity index (χ1v) is 8.94. The number of rotatable bonds is 3. The highest BCUT2D eigenvalue weighted by Crippen LogP contribution is 2.31. The molecule has 1 saturated heterocycles. The Bertz CT molecular complexity index is 843. The number of amides is 1. The Hall–Kier alpha value is -1.96. The summed E-state index contributed by atoms with van der Waals surface area (Å²) in [4.78, 5) is 11.6. The van der Waals surface area contributed by atoms with Crippen molar-refractivity contribution in [3.8, 4) is 0 Å². The molecule has 1 aliphatic rings. The molecule has 0 aliphatic carbocycles. The van der Waals surface area contributed by atoms with E-state index < -0.39 is 10.0 Å². The highest BCUT2D eigenvalue weighted by atomic mass is 32.2. The fraction of sp³-hybridized carbons (Fsp3) is 0.312. The number of anilines is 1. The van der Waals surface area contributed by atoms with Crippen molar-refractivity contribution >= 4 is 32.4 Å². The molecule has 0 aromatic heterocycles. The van der Waals surface area contributed by atoms with Crippen molar-refractivity contribution in [3.63, 3.8) is 0 Å². The van der Waals surface area contributed by atoms with Gasteiger partial charge in [0, 0.05) is 49.6 Å². The SMILES string of the molecule is CC(=O)Nc1ccc(S(=O)(=O)N2CCNCC2)c2ccccc12. The fourth-order valence-electron chi connectivity index (χ4n) is 2.82. The lowest BCUT2D eigenvalue weighted by Crippen LogP contribution is -2.46. The molecule has 6 nitrogen and oxygen atoms in total. The van der Waals surface area contributed by atoms with Crippen LogP contribution in [-0.4, -0.2) is 44.8 Å². The van der Waals surface area contributed by atoms with Gasteiger partial charge in [0.05, 0.1) is 4.90 Å². The maximum Gasteiger partial charge on any atom is 0.243 e. The van der Waals surface area contributed by atoms with Gasteiger partial charge in [-0.15, -0.1) is 0 Å². The van der Waals surface area contributed by atoms with Crippen LogP contribution in [-0.2, 0) is 14.8 Å². The van der Waals surface area contributed by atoms with Crippen LogP contribution in [0, 0.1) is 0 Å². The van der Waals surface area contributed by atoms with Gasteiger partial charge in [0.15, 0.2) is 0 Å². The number of hydrogen-bond donors (Lipinski definition) is 2. The van der Waals surface area contributed by atoms with E-state index in [1.54, 1.807) is 24.3 Å². The summed E-state index contributed by atoms with van der Waals surface area (Å²) in [6.45, 7) is 3.66. The monoisotopic (exact) mass is 333 g/mol. The molecule has 1 fully saturated rings. The number of carbonyl (C=O) groups excluding carboxylic acids is 1. The number of carbonyl (C=O) groups is 1. The number of fused-ring (bicyclic) bond motifs is 1. The minimum Gasteiger partial charge on any atom is -0.326 e. The van der Waals surface area contributed by atoms with E-state index in [-0.39, 0.29) is 10.8 Å². The van der Waals surface area contributed by atoms with E-state index in [1.165, 1.54) is 11.2 Å². The molecule has 0 unspecified atom stereocenters. The smallest absolute Gasteiger partial charge is 0.243 e. The summed E-state index contributed by atoms with van der Waals surface area (Å²) in [7, 11) is -3.55. The van der Waals surface area contributed by atoms with Crippen LogP contribution in [0.1, 0.15) is 6.92 Å². The predicted molar refractivity (Wildman–Crippen MR) is 89.9 cm³/mol. The standard InChI is InChI=1S/C16H19N3O3S/c1-12(20)18-15-6-7-16(14-5-3-2-4-13(14)15)23(21,22)19-10-8-17-9-11-19/h2-7,17H,8-11H2,1H3,(H,18,20). The summed E-state index contributed by atoms with van der Waals surface area (Å²) in [5.41, 5.74) is 0.618. The molecule has 0 saturated carbocycles. The molecular weight excluding hydrogens is 314 g/mol. The zero-order chi connectivity index (χ0) is 16.4. The van der Waals surface area contributed by atoms with E-state index in [9.17, 15) is 13.2 Å². The van der Waals surface area contributed by atoms with Gasteiger partial charge in [-0.3, -0.25) is 4.79 Å². The Labute approximate surface area is 135 Å². The minimum absolute atomic E-state index is 0.187. The molecule has 1 aliphatic heterocycles. The lowest BCUT2D eigenvalue weighted by atomic mass is 10.1. The zero-order valence-electron chi connectivity index (χ0n) is 12.9. The minimum atomic E-state index is -3.55. The van der Waals surface area contributed by atoms with Crippen LogP contribution < -0.4 is 10.6 Å². The third-order valence-corrected chi connectivity index (χ3v) is 5.85. The zero-order valence-corrected chi connectivity index (χ0v) is 13.7. The quantitative estimate of drug-likeness (QED) is 0.890. The highest BCUT2D eigenvalue weighted by molar-refractivity contribution is 7.89. The molecule has 1 heterocycles. The second kappa shape index (κ2) is 6.27. The van der Waals surface area contributed by atoms with Gasteiger partial charge in [-0.25, -0.2) is 8.42 Å². The second-order valence-corrected chi connectivity index (χ2v) is 7.40. The Morgan fingerprint density at radius 3 is 2.39 bits per heavy atom. The molecule has 0 bridgehead atoms. The van der Waals surface area contributed by atoms with Crippen LogP contribution in [0.4, 0.5) is 5.69 Å². The topological polar surface area (TPSA) is 78.5 Å². The van der Waals surface area contributed by atoms with Crippen molar-refractivity contribution < 1.29 is 13.2 Å². The molecule has 0 atom stereocenters. The van der Waals surface area contributed by atoms with E-state index >= 15 is 0 Å². The van der Waals surface area contributed by atoms with Gasteiger partial charge in [0.2, 0.25) is 15.9 Å². The maximum absolute atomic E-state index is 12.9. The van der Waals surface area contributed by atoms with Crippen LogP contribution in [0.25, 0.3) is 10.8 Å². The normalized spacial score (nSPS) is 16.4. The van der Waals surface area contributed by atoms with Crippen molar-refractivity contribution in [3.05, 3.63) is 36.4 Å². The van der Waals surface area contributed by atoms with Gasteiger partial charge in [0.25, 0.3) is 0 Å². The molecule has 3 rings (SSSR count). The predicted octanol–water partition coefficient (Wildman–Crippen LogP) is 1.39. The molecular formula is C16H19N3O3S. The Morgan fingerprint density at radius 2 is 1.74 bits per heavy atom. The third kappa shape index (κ3) is 3.08. The second-order valence-electron chi connectivity index (χ2n) is 5.49. The third-order valence-electron chi connectivity index (χ3n) is 3.89. The van der Waals surface area contributed by atoms with E-state index in [2.05, 4.69) is 10.6 Å². The van der Waals surface area contributed by atoms with E-state index in [0.29, 0.717) is 37.3 Å². The number of nitrogens with zero attached hydrogens (tertiary/aromatic N) is 1. The Balaban J connectivity index is 2.13. The summed E-state index contributed by atoms with van der Waals surface area (Å²) in [6, 6.07) is 10.4. The number of sulfonamides is 1. The molecule has 7 heteroatoms. The van der Waals surface area contributed by atoms with Crippen LogP contribution in [0.15, 0.2) is 41.3 Å². The Morgan fingerprint density at radius 1 is 1.09 bits per heavy atom. The molecule has 1 amide bonds. The molecule has 122 valence electrons. The first-order chi connectivity index (χ1) is 11.0. The van der Waals surface area contributed by atoms with Crippen molar-refractivity contribution in [2.24, 2.45) is 0 Å². The molecule has 2 aromatic rings. The van der Waals surface area contributed by atoms with Crippen molar-refractivity contribution in [1.82, 2.24) is 9.62 Å². The summed E-state index contributed by atoms with van der Waals surface area (Å²) < 4.78 is 27.4. The van der Waals surface area contributed by atoms with E-state index in [1.807, 2.05) is 12.1 Å². The van der Waals surface area contributed by atoms with Gasteiger partial charge < -0.3 is 10.6 Å². The Kier molecular flexibility index (Phi) is 4.34. The van der Waals surface area contributed by atoms with Crippen molar-refractivity contribution in [2.75, 3.05) is 31.5 Å². The van der Waals surface area contributed by atoms with Gasteiger partial charge in [0.1, 0.15) is 0 Å². The molecule has 2 N–H and O–H groups in total. The highest BCUT2D eigenvalue weighted by Gasteiger charge is 2.27. The molecule has 23 heavy (non-hydrogen) atoms. The van der Waals surface area contributed by atoms with E-state index in [4.69, 9.17) is 0 Å².